The number of ether oxygens (including phenoxy) is 2. The van der Waals surface area contributed by atoms with Crippen LogP contribution in [0, 0.1) is 0 Å². The van der Waals surface area contributed by atoms with E-state index in [0.29, 0.717) is 41.8 Å². The van der Waals surface area contributed by atoms with Gasteiger partial charge in [-0.15, -0.1) is 5.11 Å². The van der Waals surface area contributed by atoms with Crippen LogP contribution in [0.4, 0.5) is 23.0 Å². The number of nitrogen functional groups attached to an aromatic ring is 1. The fraction of sp³-hybridized carbons (Fsp3) is 0.304. The maximum Gasteiger partial charge on any atom is 0.350 e. The summed E-state index contributed by atoms with van der Waals surface area (Å²) in [5.41, 5.74) is 8.60. The van der Waals surface area contributed by atoms with Crippen LogP contribution in [0.1, 0.15) is 13.8 Å². The molecular weight excluding hydrogens is 408 g/mol. The summed E-state index contributed by atoms with van der Waals surface area (Å²) in [6, 6.07) is 13.4. The molecule has 0 amide bonds. The molecule has 0 bridgehead atoms. The fourth-order valence-electron chi connectivity index (χ4n) is 3.42. The summed E-state index contributed by atoms with van der Waals surface area (Å²) < 4.78 is 12.1. The lowest BCUT2D eigenvalue weighted by atomic mass is 10.0. The number of azo groups is 1. The number of rotatable bonds is 8. The monoisotopic (exact) mass is 436 g/mol. The van der Waals surface area contributed by atoms with E-state index in [1.165, 1.54) is 4.57 Å². The van der Waals surface area contributed by atoms with E-state index in [0.717, 1.165) is 11.1 Å². The van der Waals surface area contributed by atoms with Gasteiger partial charge in [-0.1, -0.05) is 18.2 Å². The lowest BCUT2D eigenvalue weighted by Crippen LogP contribution is -2.32. The first-order valence-electron chi connectivity index (χ1n) is 10.3. The number of aromatic nitrogens is 2. The lowest BCUT2D eigenvalue weighted by Gasteiger charge is -2.24. The van der Waals surface area contributed by atoms with E-state index in [2.05, 4.69) is 15.2 Å². The van der Waals surface area contributed by atoms with Crippen molar-refractivity contribution < 1.29 is 9.47 Å². The van der Waals surface area contributed by atoms with Crippen molar-refractivity contribution in [1.82, 2.24) is 9.55 Å². The Bertz CT molecular complexity index is 1170. The first-order chi connectivity index (χ1) is 15.4. The molecular formula is C23H28N6O3. The number of methoxy groups -OCH3 is 2. The number of hydrogen-bond donors (Lipinski definition) is 1. The summed E-state index contributed by atoms with van der Waals surface area (Å²) >= 11 is 0. The molecule has 32 heavy (non-hydrogen) atoms. The van der Waals surface area contributed by atoms with Gasteiger partial charge in [0.05, 0.1) is 19.9 Å². The van der Waals surface area contributed by atoms with E-state index in [-0.39, 0.29) is 5.82 Å². The van der Waals surface area contributed by atoms with E-state index in [1.807, 2.05) is 61.2 Å². The van der Waals surface area contributed by atoms with Crippen LogP contribution < -0.4 is 25.8 Å². The molecule has 0 aliphatic heterocycles. The van der Waals surface area contributed by atoms with Gasteiger partial charge in [-0.05, 0) is 49.2 Å². The topological polar surface area (TPSA) is 107 Å². The molecule has 2 aromatic carbocycles. The van der Waals surface area contributed by atoms with E-state index in [4.69, 9.17) is 15.2 Å². The third-order valence-electron chi connectivity index (χ3n) is 5.19. The number of hydrogen-bond acceptors (Lipinski definition) is 8. The predicted octanol–water partition coefficient (Wildman–Crippen LogP) is 4.31. The van der Waals surface area contributed by atoms with Crippen LogP contribution >= 0.6 is 0 Å². The molecule has 9 nitrogen and oxygen atoms in total. The number of benzene rings is 2. The van der Waals surface area contributed by atoms with Gasteiger partial charge in [0.1, 0.15) is 5.82 Å². The molecule has 0 aliphatic carbocycles. The maximum absolute atomic E-state index is 12.1. The Morgan fingerprint density at radius 2 is 1.59 bits per heavy atom. The second-order valence-corrected chi connectivity index (χ2v) is 7.00. The molecule has 0 aliphatic rings. The van der Waals surface area contributed by atoms with Crippen molar-refractivity contribution in [3.8, 4) is 22.6 Å². The summed E-state index contributed by atoms with van der Waals surface area (Å²) in [7, 11) is 4.87. The Labute approximate surface area is 187 Å². The number of nitrogens with two attached hydrogens (primary N) is 1. The van der Waals surface area contributed by atoms with Crippen molar-refractivity contribution >= 4 is 23.0 Å². The molecule has 0 atom stereocenters. The Hall–Kier alpha value is -3.88. The minimum Gasteiger partial charge on any atom is -0.493 e. The average molecular weight is 437 g/mol. The molecule has 3 rings (SSSR count). The van der Waals surface area contributed by atoms with Gasteiger partial charge in [-0.25, -0.2) is 4.79 Å². The second-order valence-electron chi connectivity index (χ2n) is 7.00. The molecule has 0 radical (unpaired) electrons. The Balaban J connectivity index is 1.93. The highest BCUT2D eigenvalue weighted by Crippen LogP contribution is 2.34. The third kappa shape index (κ3) is 4.56. The summed E-state index contributed by atoms with van der Waals surface area (Å²) in [6.07, 6.45) is 0. The maximum atomic E-state index is 12.1. The van der Waals surface area contributed by atoms with Gasteiger partial charge in [0, 0.05) is 20.1 Å². The van der Waals surface area contributed by atoms with Crippen LogP contribution in [-0.4, -0.2) is 36.9 Å². The van der Waals surface area contributed by atoms with Crippen LogP contribution in [0.5, 0.6) is 11.5 Å². The van der Waals surface area contributed by atoms with Gasteiger partial charge in [0.2, 0.25) is 0 Å². The zero-order chi connectivity index (χ0) is 23.3. The highest BCUT2D eigenvalue weighted by molar-refractivity contribution is 5.73. The Morgan fingerprint density at radius 3 is 2.19 bits per heavy atom. The van der Waals surface area contributed by atoms with Crippen LogP contribution in [-0.2, 0) is 7.05 Å². The van der Waals surface area contributed by atoms with Crippen molar-refractivity contribution in [2.45, 2.75) is 13.8 Å². The lowest BCUT2D eigenvalue weighted by molar-refractivity contribution is 0.355. The van der Waals surface area contributed by atoms with Crippen LogP contribution in [0.2, 0.25) is 0 Å². The molecule has 3 aromatic rings. The van der Waals surface area contributed by atoms with Gasteiger partial charge in [-0.3, -0.25) is 4.57 Å². The molecule has 1 heterocycles. The summed E-state index contributed by atoms with van der Waals surface area (Å²) in [5, 5.41) is 8.68. The van der Waals surface area contributed by atoms with E-state index in [9.17, 15) is 4.79 Å². The summed E-state index contributed by atoms with van der Waals surface area (Å²) in [5.74, 6) is 1.99. The van der Waals surface area contributed by atoms with Crippen LogP contribution in [0.25, 0.3) is 11.1 Å². The smallest absolute Gasteiger partial charge is 0.350 e. The Morgan fingerprint density at radius 1 is 0.969 bits per heavy atom. The van der Waals surface area contributed by atoms with Gasteiger partial charge in [0.15, 0.2) is 23.0 Å². The van der Waals surface area contributed by atoms with E-state index >= 15 is 0 Å². The molecule has 0 fully saturated rings. The van der Waals surface area contributed by atoms with E-state index < -0.39 is 5.69 Å². The van der Waals surface area contributed by atoms with Gasteiger partial charge >= 0.3 is 5.69 Å². The minimum absolute atomic E-state index is 0.0562. The molecule has 9 heteroatoms. The number of anilines is 2. The molecule has 168 valence electrons. The molecule has 1 aromatic heterocycles. The van der Waals surface area contributed by atoms with Gasteiger partial charge in [-0.2, -0.15) is 10.1 Å². The van der Waals surface area contributed by atoms with Crippen molar-refractivity contribution in [2.24, 2.45) is 17.3 Å². The van der Waals surface area contributed by atoms with E-state index in [1.54, 1.807) is 21.3 Å². The zero-order valence-electron chi connectivity index (χ0n) is 19.0. The number of nitrogens with zero attached hydrogens (tertiary/aromatic N) is 5. The van der Waals surface area contributed by atoms with Gasteiger partial charge in [0.25, 0.3) is 0 Å². The van der Waals surface area contributed by atoms with Crippen molar-refractivity contribution in [1.29, 1.82) is 0 Å². The van der Waals surface area contributed by atoms with Crippen LogP contribution in [0.3, 0.4) is 0 Å². The standard InChI is InChI=1S/C23H28N6O3/c1-6-29(7-2)22-20(21(24)25-23(30)28(22)3)27-26-17-11-8-15(9-12-17)16-10-13-18(31-4)19(14-16)32-5/h8-14H,6-7H2,1-5H3,(H2,24,25,30). The average Bonchev–Trinajstić information content (AvgIpc) is 2.82. The third-order valence-corrected chi connectivity index (χ3v) is 5.19. The highest BCUT2D eigenvalue weighted by atomic mass is 16.5. The van der Waals surface area contributed by atoms with Gasteiger partial charge < -0.3 is 20.1 Å². The SMILES string of the molecule is CCN(CC)c1c(N=Nc2ccc(-c3ccc(OC)c(OC)c3)cc2)c(N)nc(=O)n1C. The largest absolute Gasteiger partial charge is 0.493 e. The minimum atomic E-state index is -0.428. The van der Waals surface area contributed by atoms with Crippen molar-refractivity contribution in [3.05, 3.63) is 52.9 Å². The molecule has 0 spiro atoms. The second kappa shape index (κ2) is 9.95. The van der Waals surface area contributed by atoms with Crippen molar-refractivity contribution in [2.75, 3.05) is 37.9 Å². The predicted molar refractivity (Wildman–Crippen MR) is 127 cm³/mol. The highest BCUT2D eigenvalue weighted by Gasteiger charge is 2.18. The molecule has 2 N–H and O–H groups in total. The first kappa shape index (κ1) is 22.8. The molecule has 0 saturated carbocycles. The first-order valence-corrected chi connectivity index (χ1v) is 10.3. The zero-order valence-corrected chi connectivity index (χ0v) is 19.0. The van der Waals surface area contributed by atoms with Crippen molar-refractivity contribution in [3.63, 3.8) is 0 Å². The fourth-order valence-corrected chi connectivity index (χ4v) is 3.42. The normalized spacial score (nSPS) is 11.0. The Kier molecular flexibility index (Phi) is 7.09. The molecule has 0 unspecified atom stereocenters. The summed E-state index contributed by atoms with van der Waals surface area (Å²) in [4.78, 5) is 18.0. The quantitative estimate of drug-likeness (QED) is 0.527. The van der Waals surface area contributed by atoms with Crippen LogP contribution in [0.15, 0.2) is 57.5 Å². The molecule has 0 saturated heterocycles. The summed E-state index contributed by atoms with van der Waals surface area (Å²) in [6.45, 7) is 5.38.